The van der Waals surface area contributed by atoms with Crippen LogP contribution in [-0.2, 0) is 14.8 Å². The summed E-state index contributed by atoms with van der Waals surface area (Å²) in [5, 5.41) is 3.01. The van der Waals surface area contributed by atoms with Crippen LogP contribution in [-0.4, -0.2) is 87.3 Å². The molecule has 2 aliphatic heterocycles. The summed E-state index contributed by atoms with van der Waals surface area (Å²) in [5.41, 5.74) is 1.04. The van der Waals surface area contributed by atoms with Crippen LogP contribution in [0.25, 0.3) is 0 Å². The Morgan fingerprint density at radius 2 is 1.76 bits per heavy atom. The topological polar surface area (TPSA) is 73.0 Å². The normalized spacial score (nSPS) is 22.5. The number of likely N-dealkylation sites (tertiary alicyclic amines) is 1. The highest BCUT2D eigenvalue weighted by Gasteiger charge is 2.29. The van der Waals surface area contributed by atoms with E-state index in [4.69, 9.17) is 0 Å². The molecule has 2 fully saturated rings. The van der Waals surface area contributed by atoms with Gasteiger partial charge in [-0.2, -0.15) is 4.31 Å². The minimum atomic E-state index is -3.46. The van der Waals surface area contributed by atoms with Gasteiger partial charge in [0.05, 0.1) is 11.4 Å². The molecule has 2 heterocycles. The van der Waals surface area contributed by atoms with E-state index in [1.54, 1.807) is 12.1 Å². The van der Waals surface area contributed by atoms with Crippen molar-refractivity contribution in [2.75, 3.05) is 58.9 Å². The highest BCUT2D eigenvalue weighted by molar-refractivity contribution is 7.89. The summed E-state index contributed by atoms with van der Waals surface area (Å²) in [6.07, 6.45) is 2.54. The number of carbonyl (C=O) groups is 1. The van der Waals surface area contributed by atoms with E-state index in [1.165, 1.54) is 17.1 Å². The fourth-order valence-corrected chi connectivity index (χ4v) is 5.51. The van der Waals surface area contributed by atoms with Gasteiger partial charge in [-0.05, 0) is 44.4 Å². The molecular weight excluding hydrogens is 388 g/mol. The van der Waals surface area contributed by atoms with Crippen molar-refractivity contribution in [2.45, 2.75) is 31.6 Å². The van der Waals surface area contributed by atoms with Gasteiger partial charge in [-0.15, -0.1) is 0 Å². The van der Waals surface area contributed by atoms with E-state index in [-0.39, 0.29) is 5.91 Å². The predicted octanol–water partition coefficient (Wildman–Crippen LogP) is 1.15. The molecule has 1 amide bonds. The average Bonchev–Trinajstić information content (AvgIpc) is 2.69. The second-order valence-corrected chi connectivity index (χ2v) is 10.3. The van der Waals surface area contributed by atoms with Crippen molar-refractivity contribution in [1.29, 1.82) is 0 Å². The molecule has 2 saturated heterocycles. The molecule has 1 N–H and O–H groups in total. The van der Waals surface area contributed by atoms with Crippen molar-refractivity contribution in [3.05, 3.63) is 29.8 Å². The number of rotatable bonds is 7. The number of nitrogens with zero attached hydrogens (tertiary/aromatic N) is 3. The molecule has 1 aromatic carbocycles. The number of nitrogens with one attached hydrogen (secondary N) is 1. The Kier molecular flexibility index (Phi) is 7.67. The van der Waals surface area contributed by atoms with E-state index >= 15 is 0 Å². The number of benzene rings is 1. The third-order valence-corrected chi connectivity index (χ3v) is 7.76. The van der Waals surface area contributed by atoms with E-state index in [0.29, 0.717) is 44.2 Å². The molecule has 1 atom stereocenters. The van der Waals surface area contributed by atoms with Crippen LogP contribution in [0, 0.1) is 12.8 Å². The zero-order chi connectivity index (χ0) is 20.9. The number of amides is 1. The average molecular weight is 423 g/mol. The van der Waals surface area contributed by atoms with Crippen LogP contribution in [0.2, 0.25) is 0 Å². The summed E-state index contributed by atoms with van der Waals surface area (Å²) in [5.74, 6) is 0.761. The Morgan fingerprint density at radius 3 is 2.41 bits per heavy atom. The minimum Gasteiger partial charge on any atom is -0.354 e. The van der Waals surface area contributed by atoms with Crippen molar-refractivity contribution < 1.29 is 13.2 Å². The lowest BCUT2D eigenvalue weighted by molar-refractivity contribution is -0.122. The third kappa shape index (κ3) is 6.25. The van der Waals surface area contributed by atoms with Gasteiger partial charge in [-0.25, -0.2) is 8.42 Å². The number of piperazine rings is 1. The Labute approximate surface area is 175 Å². The minimum absolute atomic E-state index is 0.0184. The summed E-state index contributed by atoms with van der Waals surface area (Å²) in [7, 11) is -3.46. The van der Waals surface area contributed by atoms with E-state index in [2.05, 4.69) is 17.1 Å². The zero-order valence-corrected chi connectivity index (χ0v) is 18.5. The maximum atomic E-state index is 12.8. The number of aryl methyl sites for hydroxylation is 1. The lowest BCUT2D eigenvalue weighted by atomic mass is 10.0. The van der Waals surface area contributed by atoms with Gasteiger partial charge in [-0.1, -0.05) is 24.6 Å². The smallest absolute Gasteiger partial charge is 0.243 e. The Hall–Kier alpha value is -1.48. The molecule has 0 spiro atoms. The van der Waals surface area contributed by atoms with E-state index in [0.717, 1.165) is 31.1 Å². The van der Waals surface area contributed by atoms with Crippen LogP contribution in [0.5, 0.6) is 0 Å². The molecule has 0 bridgehead atoms. The molecule has 162 valence electrons. The summed E-state index contributed by atoms with van der Waals surface area (Å²) in [6.45, 7) is 10.3. The number of carbonyl (C=O) groups excluding carboxylic acids is 1. The molecule has 3 rings (SSSR count). The van der Waals surface area contributed by atoms with Gasteiger partial charge in [-0.3, -0.25) is 9.69 Å². The maximum Gasteiger partial charge on any atom is 0.243 e. The second kappa shape index (κ2) is 10.0. The number of hydrogen-bond acceptors (Lipinski definition) is 5. The van der Waals surface area contributed by atoms with Crippen LogP contribution in [0.1, 0.15) is 25.3 Å². The Morgan fingerprint density at radius 1 is 1.07 bits per heavy atom. The number of hydrogen-bond donors (Lipinski definition) is 1. The predicted molar refractivity (Wildman–Crippen MR) is 114 cm³/mol. The first-order chi connectivity index (χ1) is 13.8. The summed E-state index contributed by atoms with van der Waals surface area (Å²) in [6, 6.07) is 6.96. The summed E-state index contributed by atoms with van der Waals surface area (Å²) < 4.78 is 27.0. The van der Waals surface area contributed by atoms with Gasteiger partial charge in [0.25, 0.3) is 0 Å². The fraction of sp³-hybridized carbons (Fsp3) is 0.667. The molecule has 0 radical (unpaired) electrons. The summed E-state index contributed by atoms with van der Waals surface area (Å²) in [4.78, 5) is 17.0. The van der Waals surface area contributed by atoms with Gasteiger partial charge < -0.3 is 10.2 Å². The molecule has 2 aliphatic rings. The molecular formula is C21H34N4O3S. The van der Waals surface area contributed by atoms with Gasteiger partial charge in [0, 0.05) is 45.8 Å². The van der Waals surface area contributed by atoms with Crippen LogP contribution in [0.15, 0.2) is 29.2 Å². The van der Waals surface area contributed by atoms with Crippen LogP contribution >= 0.6 is 0 Å². The van der Waals surface area contributed by atoms with E-state index in [1.807, 2.05) is 24.0 Å². The SMILES string of the molecule is Cc1ccc(S(=O)(=O)N2CCN(CC(=O)NCCN3CCCC(C)C3)CC2)cc1. The molecule has 29 heavy (non-hydrogen) atoms. The van der Waals surface area contributed by atoms with Crippen molar-refractivity contribution in [3.8, 4) is 0 Å². The molecule has 1 aromatic rings. The van der Waals surface area contributed by atoms with E-state index < -0.39 is 10.0 Å². The summed E-state index contributed by atoms with van der Waals surface area (Å²) >= 11 is 0. The van der Waals surface area contributed by atoms with Gasteiger partial charge in [0.2, 0.25) is 15.9 Å². The zero-order valence-electron chi connectivity index (χ0n) is 17.6. The molecule has 7 nitrogen and oxygen atoms in total. The van der Waals surface area contributed by atoms with Gasteiger partial charge in [0.15, 0.2) is 0 Å². The molecule has 0 aromatic heterocycles. The van der Waals surface area contributed by atoms with Crippen molar-refractivity contribution in [3.63, 3.8) is 0 Å². The van der Waals surface area contributed by atoms with Crippen LogP contribution in [0.4, 0.5) is 0 Å². The fourth-order valence-electron chi connectivity index (χ4n) is 4.09. The van der Waals surface area contributed by atoms with Gasteiger partial charge in [0.1, 0.15) is 0 Å². The largest absolute Gasteiger partial charge is 0.354 e. The first-order valence-corrected chi connectivity index (χ1v) is 12.1. The molecule has 1 unspecified atom stereocenters. The lowest BCUT2D eigenvalue weighted by Crippen LogP contribution is -2.51. The third-order valence-electron chi connectivity index (χ3n) is 5.85. The monoisotopic (exact) mass is 422 g/mol. The Balaban J connectivity index is 1.39. The van der Waals surface area contributed by atoms with Crippen LogP contribution < -0.4 is 5.32 Å². The van der Waals surface area contributed by atoms with Crippen molar-refractivity contribution in [2.24, 2.45) is 5.92 Å². The highest BCUT2D eigenvalue weighted by Crippen LogP contribution is 2.18. The lowest BCUT2D eigenvalue weighted by Gasteiger charge is -2.33. The quantitative estimate of drug-likeness (QED) is 0.714. The molecule has 0 aliphatic carbocycles. The first kappa shape index (κ1) is 22.2. The number of sulfonamides is 1. The molecule has 8 heteroatoms. The second-order valence-electron chi connectivity index (χ2n) is 8.39. The number of piperidine rings is 1. The maximum absolute atomic E-state index is 12.8. The Bertz CT molecular complexity index is 774. The highest BCUT2D eigenvalue weighted by atomic mass is 32.2. The van der Waals surface area contributed by atoms with Crippen molar-refractivity contribution in [1.82, 2.24) is 19.4 Å². The molecule has 0 saturated carbocycles. The van der Waals surface area contributed by atoms with E-state index in [9.17, 15) is 13.2 Å². The van der Waals surface area contributed by atoms with Gasteiger partial charge >= 0.3 is 0 Å². The van der Waals surface area contributed by atoms with Crippen molar-refractivity contribution >= 4 is 15.9 Å². The standard InChI is InChI=1S/C21H34N4O3S/c1-18-5-7-20(8-6-18)29(27,28)25-14-12-24(13-15-25)17-21(26)22-9-11-23-10-3-4-19(2)16-23/h5-8,19H,3-4,9-17H2,1-2H3,(H,22,26). The first-order valence-electron chi connectivity index (χ1n) is 10.6. The van der Waals surface area contributed by atoms with Crippen LogP contribution in [0.3, 0.4) is 0 Å².